The number of nitrogens with zero attached hydrogens (tertiary/aromatic N) is 1. The molecule has 1 aliphatic carbocycles. The average Bonchev–Trinajstić information content (AvgIpc) is 2.48. The van der Waals surface area contributed by atoms with E-state index in [0.717, 1.165) is 32.2 Å². The second kappa shape index (κ2) is 5.26. The van der Waals surface area contributed by atoms with Gasteiger partial charge < -0.3 is 14.6 Å². The van der Waals surface area contributed by atoms with E-state index in [2.05, 4.69) is 18.1 Å². The molecule has 1 N–H and O–H groups in total. The van der Waals surface area contributed by atoms with Crippen molar-refractivity contribution in [1.29, 1.82) is 0 Å². The highest BCUT2D eigenvalue weighted by Gasteiger charge is 2.58. The normalized spacial score (nSPS) is 40.5. The Hall–Kier alpha value is -0.680. The number of piperidine rings is 1. The van der Waals surface area contributed by atoms with Crippen LogP contribution in [-0.2, 0) is 9.47 Å². The number of fused-ring (bicyclic) bond motifs is 3. The number of ether oxygens (including phenoxy) is 2. The Kier molecular flexibility index (Phi) is 3.75. The molecule has 1 saturated carbocycles. The van der Waals surface area contributed by atoms with Crippen LogP contribution in [0.25, 0.3) is 0 Å². The van der Waals surface area contributed by atoms with Crippen LogP contribution in [0.4, 0.5) is 0 Å². The van der Waals surface area contributed by atoms with E-state index in [0.29, 0.717) is 19.8 Å². The summed E-state index contributed by atoms with van der Waals surface area (Å²) < 4.78 is 12.1. The summed E-state index contributed by atoms with van der Waals surface area (Å²) in [5.74, 6) is -0.608. The van der Waals surface area contributed by atoms with Crippen molar-refractivity contribution < 1.29 is 14.6 Å². The van der Waals surface area contributed by atoms with Gasteiger partial charge in [-0.3, -0.25) is 4.90 Å². The van der Waals surface area contributed by atoms with Crippen molar-refractivity contribution in [1.82, 2.24) is 4.90 Å². The van der Waals surface area contributed by atoms with Gasteiger partial charge in [0.15, 0.2) is 5.79 Å². The number of hydrogen-bond donors (Lipinski definition) is 1. The molecule has 112 valence electrons. The molecule has 4 nitrogen and oxygen atoms in total. The summed E-state index contributed by atoms with van der Waals surface area (Å²) in [6.45, 7) is 10.8. The standard InChI is InChI=1S/C16H25NO3/c1-3-8-17-12-16(19-9-5-10-20-16)13-11-15(17,4-2)7-6-14(13)18/h3-4,13-14,18H,1-2,5-12H2/t13-,14?,15-/m1/s1. The van der Waals surface area contributed by atoms with E-state index in [1.165, 1.54) is 0 Å². The molecule has 2 heterocycles. The third-order valence-electron chi connectivity index (χ3n) is 5.23. The molecule has 0 aromatic rings. The fraction of sp³-hybridized carbons (Fsp3) is 0.750. The van der Waals surface area contributed by atoms with Crippen LogP contribution in [0.15, 0.2) is 25.3 Å². The van der Waals surface area contributed by atoms with Crippen LogP contribution >= 0.6 is 0 Å². The van der Waals surface area contributed by atoms with Gasteiger partial charge in [-0.2, -0.15) is 0 Å². The maximum Gasteiger partial charge on any atom is 0.186 e. The molecule has 0 amide bonds. The fourth-order valence-electron chi connectivity index (χ4n) is 4.11. The maximum absolute atomic E-state index is 10.4. The zero-order valence-electron chi connectivity index (χ0n) is 12.1. The quantitative estimate of drug-likeness (QED) is 0.799. The van der Waals surface area contributed by atoms with Gasteiger partial charge in [0.05, 0.1) is 25.9 Å². The molecule has 3 aliphatic rings. The Morgan fingerprint density at radius 2 is 2.05 bits per heavy atom. The summed E-state index contributed by atoms with van der Waals surface area (Å²) in [6, 6.07) is 0. The lowest BCUT2D eigenvalue weighted by Crippen LogP contribution is -2.70. The number of hydrogen-bond acceptors (Lipinski definition) is 4. The molecule has 0 aromatic carbocycles. The summed E-state index contributed by atoms with van der Waals surface area (Å²) in [4.78, 5) is 2.36. The van der Waals surface area contributed by atoms with Crippen molar-refractivity contribution in [2.75, 3.05) is 26.3 Å². The van der Waals surface area contributed by atoms with Gasteiger partial charge in [-0.05, 0) is 25.7 Å². The van der Waals surface area contributed by atoms with Crippen LogP contribution in [0.3, 0.4) is 0 Å². The second-order valence-electron chi connectivity index (χ2n) is 6.26. The minimum atomic E-state index is -0.645. The zero-order chi connectivity index (χ0) is 14.2. The molecular weight excluding hydrogens is 254 g/mol. The third kappa shape index (κ3) is 2.06. The van der Waals surface area contributed by atoms with Crippen LogP contribution in [-0.4, -0.2) is 53.7 Å². The number of likely N-dealkylation sites (tertiary alicyclic amines) is 1. The largest absolute Gasteiger partial charge is 0.393 e. The minimum Gasteiger partial charge on any atom is -0.393 e. The second-order valence-corrected chi connectivity index (χ2v) is 6.26. The Bertz CT molecular complexity index is 391. The molecular formula is C16H25NO3. The lowest BCUT2D eigenvalue weighted by atomic mass is 9.66. The van der Waals surface area contributed by atoms with Gasteiger partial charge >= 0.3 is 0 Å². The Morgan fingerprint density at radius 1 is 1.30 bits per heavy atom. The van der Waals surface area contributed by atoms with Gasteiger partial charge in [0.25, 0.3) is 0 Å². The van der Waals surface area contributed by atoms with E-state index in [9.17, 15) is 5.11 Å². The summed E-state index contributed by atoms with van der Waals surface area (Å²) in [7, 11) is 0. The first-order valence-corrected chi connectivity index (χ1v) is 7.61. The van der Waals surface area contributed by atoms with Crippen molar-refractivity contribution in [2.45, 2.75) is 43.1 Å². The number of aliphatic hydroxyl groups is 1. The van der Waals surface area contributed by atoms with Crippen LogP contribution in [0.1, 0.15) is 25.7 Å². The van der Waals surface area contributed by atoms with Gasteiger partial charge in [-0.1, -0.05) is 12.2 Å². The molecule has 0 radical (unpaired) electrons. The van der Waals surface area contributed by atoms with E-state index in [4.69, 9.17) is 9.47 Å². The first-order chi connectivity index (χ1) is 9.66. The van der Waals surface area contributed by atoms with Crippen molar-refractivity contribution >= 4 is 0 Å². The topological polar surface area (TPSA) is 41.9 Å². The highest BCUT2D eigenvalue weighted by atomic mass is 16.7. The highest BCUT2D eigenvalue weighted by molar-refractivity contribution is 5.16. The molecule has 20 heavy (non-hydrogen) atoms. The smallest absolute Gasteiger partial charge is 0.186 e. The summed E-state index contributed by atoms with van der Waals surface area (Å²) in [5.41, 5.74) is -0.0481. The Morgan fingerprint density at radius 3 is 2.70 bits per heavy atom. The summed E-state index contributed by atoms with van der Waals surface area (Å²) in [5, 5.41) is 10.4. The fourth-order valence-corrected chi connectivity index (χ4v) is 4.11. The Labute approximate surface area is 121 Å². The van der Waals surface area contributed by atoms with E-state index in [-0.39, 0.29) is 17.6 Å². The van der Waals surface area contributed by atoms with Crippen molar-refractivity contribution in [3.63, 3.8) is 0 Å². The van der Waals surface area contributed by atoms with Crippen LogP contribution in [0.2, 0.25) is 0 Å². The van der Waals surface area contributed by atoms with Gasteiger partial charge in [0, 0.05) is 18.0 Å². The van der Waals surface area contributed by atoms with Gasteiger partial charge in [-0.15, -0.1) is 13.2 Å². The SMILES string of the molecule is C=CCN1CC2(OCCCO2)[C@@H]2C[C@@]1(C=C)CCC2O. The van der Waals surface area contributed by atoms with E-state index in [1.807, 2.05) is 12.2 Å². The number of aliphatic hydroxyl groups excluding tert-OH is 1. The van der Waals surface area contributed by atoms with Gasteiger partial charge in [0.1, 0.15) is 0 Å². The predicted octanol–water partition coefficient (Wildman–Crippen LogP) is 1.71. The van der Waals surface area contributed by atoms with Crippen molar-refractivity contribution in [3.05, 3.63) is 25.3 Å². The first-order valence-electron chi connectivity index (χ1n) is 7.61. The van der Waals surface area contributed by atoms with Gasteiger partial charge in [0.2, 0.25) is 0 Å². The monoisotopic (exact) mass is 279 g/mol. The van der Waals surface area contributed by atoms with Gasteiger partial charge in [-0.25, -0.2) is 0 Å². The molecule has 3 fully saturated rings. The summed E-state index contributed by atoms with van der Waals surface area (Å²) in [6.07, 6.45) is 7.13. The highest BCUT2D eigenvalue weighted by Crippen LogP contribution is 2.49. The third-order valence-corrected chi connectivity index (χ3v) is 5.23. The zero-order valence-corrected chi connectivity index (χ0v) is 12.1. The molecule has 2 bridgehead atoms. The number of rotatable bonds is 3. The lowest BCUT2D eigenvalue weighted by Gasteiger charge is -2.60. The molecule has 2 aliphatic heterocycles. The lowest BCUT2D eigenvalue weighted by molar-refractivity contribution is -0.338. The molecule has 1 spiro atoms. The summed E-state index contributed by atoms with van der Waals surface area (Å²) >= 11 is 0. The van der Waals surface area contributed by atoms with E-state index >= 15 is 0 Å². The van der Waals surface area contributed by atoms with Crippen LogP contribution in [0.5, 0.6) is 0 Å². The molecule has 4 heteroatoms. The van der Waals surface area contributed by atoms with E-state index < -0.39 is 5.79 Å². The van der Waals surface area contributed by atoms with E-state index in [1.54, 1.807) is 0 Å². The predicted molar refractivity (Wildman–Crippen MR) is 77.3 cm³/mol. The molecule has 2 saturated heterocycles. The molecule has 1 unspecified atom stereocenters. The average molecular weight is 279 g/mol. The molecule has 0 aromatic heterocycles. The van der Waals surface area contributed by atoms with Crippen molar-refractivity contribution in [2.24, 2.45) is 5.92 Å². The molecule has 3 rings (SSSR count). The first kappa shape index (κ1) is 14.3. The van der Waals surface area contributed by atoms with Crippen LogP contribution in [0, 0.1) is 5.92 Å². The minimum absolute atomic E-state index is 0.0376. The maximum atomic E-state index is 10.4. The molecule has 3 atom stereocenters. The Balaban J connectivity index is 1.94. The van der Waals surface area contributed by atoms with Crippen LogP contribution < -0.4 is 0 Å². The van der Waals surface area contributed by atoms with Crippen molar-refractivity contribution in [3.8, 4) is 0 Å².